The fraction of sp³-hybridized carbons (Fsp3) is 0.167. The van der Waals surface area contributed by atoms with Crippen molar-refractivity contribution in [3.63, 3.8) is 0 Å². The molecule has 0 saturated heterocycles. The summed E-state index contributed by atoms with van der Waals surface area (Å²) in [6.07, 6.45) is 1.04. The first kappa shape index (κ1) is 18.0. The summed E-state index contributed by atoms with van der Waals surface area (Å²) in [6.45, 7) is 4.11. The maximum atomic E-state index is 11.0. The van der Waals surface area contributed by atoms with Gasteiger partial charge in [0.15, 0.2) is 0 Å². The van der Waals surface area contributed by atoms with Crippen LogP contribution in [0.3, 0.4) is 0 Å². The molecule has 0 heterocycles. The van der Waals surface area contributed by atoms with Crippen molar-refractivity contribution in [1.82, 2.24) is 0 Å². The molecule has 0 radical (unpaired) electrons. The molecule has 3 rings (SSSR count). The Morgan fingerprint density at radius 2 is 1.42 bits per heavy atom. The quantitative estimate of drug-likeness (QED) is 0.626. The van der Waals surface area contributed by atoms with Crippen LogP contribution in [0.25, 0.3) is 5.57 Å². The Morgan fingerprint density at radius 1 is 0.846 bits per heavy atom. The molecular weight excluding hydrogens is 320 g/mol. The van der Waals surface area contributed by atoms with Gasteiger partial charge in [0.1, 0.15) is 6.10 Å². The molecule has 1 atom stereocenters. The normalized spacial score (nSPS) is 12.7. The van der Waals surface area contributed by atoms with E-state index in [4.69, 9.17) is 4.74 Å². The minimum atomic E-state index is -0.697. The second-order valence-electron chi connectivity index (χ2n) is 6.53. The summed E-state index contributed by atoms with van der Waals surface area (Å²) in [7, 11) is 1.65. The lowest BCUT2D eigenvalue weighted by atomic mass is 9.89. The van der Waals surface area contributed by atoms with Crippen molar-refractivity contribution in [2.24, 2.45) is 0 Å². The summed E-state index contributed by atoms with van der Waals surface area (Å²) in [4.78, 5) is 0. The highest BCUT2D eigenvalue weighted by Crippen LogP contribution is 2.32. The molecule has 0 saturated carbocycles. The summed E-state index contributed by atoms with van der Waals surface area (Å²) in [5.41, 5.74) is 7.10. The molecular formula is C24H24O2. The van der Waals surface area contributed by atoms with E-state index in [9.17, 15) is 5.11 Å². The van der Waals surface area contributed by atoms with E-state index in [0.29, 0.717) is 0 Å². The molecule has 1 N–H and O–H groups in total. The van der Waals surface area contributed by atoms with Crippen LogP contribution in [-0.2, 0) is 4.74 Å². The van der Waals surface area contributed by atoms with Crippen molar-refractivity contribution in [3.05, 3.63) is 112 Å². The lowest BCUT2D eigenvalue weighted by molar-refractivity contribution is 0.220. The lowest BCUT2D eigenvalue weighted by Crippen LogP contribution is -2.04. The maximum Gasteiger partial charge on any atom is 0.105 e. The van der Waals surface area contributed by atoms with Crippen LogP contribution in [0.15, 0.2) is 79.1 Å². The summed E-state index contributed by atoms with van der Waals surface area (Å²) in [6, 6.07) is 24.2. The van der Waals surface area contributed by atoms with Gasteiger partial charge in [-0.15, -0.1) is 0 Å². The van der Waals surface area contributed by atoms with E-state index in [1.165, 1.54) is 11.1 Å². The third kappa shape index (κ3) is 3.87. The Morgan fingerprint density at radius 3 is 2.04 bits per heavy atom. The topological polar surface area (TPSA) is 29.5 Å². The molecule has 132 valence electrons. The number of aliphatic hydroxyl groups excluding tert-OH is 1. The van der Waals surface area contributed by atoms with Crippen molar-refractivity contribution < 1.29 is 9.84 Å². The van der Waals surface area contributed by atoms with Gasteiger partial charge in [0.2, 0.25) is 0 Å². The molecule has 3 aromatic carbocycles. The Labute approximate surface area is 155 Å². The maximum absolute atomic E-state index is 11.0. The van der Waals surface area contributed by atoms with E-state index < -0.39 is 6.10 Å². The first-order chi connectivity index (χ1) is 12.6. The molecule has 0 bridgehead atoms. The average Bonchev–Trinajstić information content (AvgIpc) is 2.67. The lowest BCUT2D eigenvalue weighted by Gasteiger charge is -2.18. The highest BCUT2D eigenvalue weighted by atomic mass is 16.5. The molecule has 0 aliphatic carbocycles. The van der Waals surface area contributed by atoms with Gasteiger partial charge in [0.05, 0.1) is 13.4 Å². The summed E-state index contributed by atoms with van der Waals surface area (Å²) in [5, 5.41) is 11.0. The van der Waals surface area contributed by atoms with Crippen molar-refractivity contribution >= 4 is 5.57 Å². The number of hydrogen-bond donors (Lipinski definition) is 1. The van der Waals surface area contributed by atoms with Gasteiger partial charge in [-0.25, -0.2) is 0 Å². The van der Waals surface area contributed by atoms with Crippen LogP contribution in [0.5, 0.6) is 0 Å². The van der Waals surface area contributed by atoms with Crippen LogP contribution < -0.4 is 0 Å². The second-order valence-corrected chi connectivity index (χ2v) is 6.53. The highest BCUT2D eigenvalue weighted by molar-refractivity contribution is 5.81. The van der Waals surface area contributed by atoms with Crippen molar-refractivity contribution in [3.8, 4) is 0 Å². The number of hydrogen-bond acceptors (Lipinski definition) is 2. The van der Waals surface area contributed by atoms with Crippen molar-refractivity contribution in [1.29, 1.82) is 0 Å². The summed E-state index contributed by atoms with van der Waals surface area (Å²) < 4.78 is 5.36. The van der Waals surface area contributed by atoms with Gasteiger partial charge < -0.3 is 9.84 Å². The molecule has 0 amide bonds. The largest absolute Gasteiger partial charge is 0.504 e. The van der Waals surface area contributed by atoms with E-state index in [0.717, 1.165) is 27.8 Å². The smallest absolute Gasteiger partial charge is 0.105 e. The molecule has 0 fully saturated rings. The molecule has 3 aromatic rings. The molecule has 0 aliphatic heterocycles. The molecule has 0 aromatic heterocycles. The predicted molar refractivity (Wildman–Crippen MR) is 107 cm³/mol. The van der Waals surface area contributed by atoms with Gasteiger partial charge >= 0.3 is 0 Å². The Kier molecular flexibility index (Phi) is 5.55. The standard InChI is InChI=1S/C24H24O2/c1-17-8-12-19(13-9-17)23(16-26-3)21-6-4-5-7-22(21)24(25)20-14-10-18(2)11-15-20/h4-16,24-25H,1-3H3/b23-16+. The molecule has 0 spiro atoms. The Balaban J connectivity index is 2.08. The van der Waals surface area contributed by atoms with Gasteiger partial charge in [-0.2, -0.15) is 0 Å². The summed E-state index contributed by atoms with van der Waals surface area (Å²) in [5.74, 6) is 0. The number of ether oxygens (including phenoxy) is 1. The van der Waals surface area contributed by atoms with Crippen LogP contribution >= 0.6 is 0 Å². The zero-order chi connectivity index (χ0) is 18.5. The summed E-state index contributed by atoms with van der Waals surface area (Å²) >= 11 is 0. The Hall–Kier alpha value is -2.84. The van der Waals surface area contributed by atoms with E-state index in [1.54, 1.807) is 13.4 Å². The first-order valence-corrected chi connectivity index (χ1v) is 8.74. The second kappa shape index (κ2) is 8.03. The zero-order valence-electron chi connectivity index (χ0n) is 15.4. The number of benzene rings is 3. The van der Waals surface area contributed by atoms with Crippen LogP contribution in [-0.4, -0.2) is 12.2 Å². The minimum absolute atomic E-state index is 0.697. The van der Waals surface area contributed by atoms with Crippen LogP contribution in [0.1, 0.15) is 39.5 Å². The average molecular weight is 344 g/mol. The SMILES string of the molecule is CO/C=C(\c1ccc(C)cc1)c1ccccc1C(O)c1ccc(C)cc1. The number of methoxy groups -OCH3 is 1. The third-order valence-corrected chi connectivity index (χ3v) is 4.54. The van der Waals surface area contributed by atoms with E-state index >= 15 is 0 Å². The number of rotatable bonds is 5. The fourth-order valence-corrected chi connectivity index (χ4v) is 3.05. The first-order valence-electron chi connectivity index (χ1n) is 8.74. The monoisotopic (exact) mass is 344 g/mol. The Bertz CT molecular complexity index is 890. The number of aryl methyl sites for hydroxylation is 2. The zero-order valence-corrected chi connectivity index (χ0v) is 15.4. The third-order valence-electron chi connectivity index (χ3n) is 4.54. The van der Waals surface area contributed by atoms with Crippen molar-refractivity contribution in [2.45, 2.75) is 20.0 Å². The number of aliphatic hydroxyl groups is 1. The predicted octanol–water partition coefficient (Wildman–Crippen LogP) is 5.42. The fourth-order valence-electron chi connectivity index (χ4n) is 3.05. The van der Waals surface area contributed by atoms with Gasteiger partial charge in [0, 0.05) is 5.57 Å². The van der Waals surface area contributed by atoms with Crippen LogP contribution in [0, 0.1) is 13.8 Å². The molecule has 26 heavy (non-hydrogen) atoms. The van der Waals surface area contributed by atoms with E-state index in [2.05, 4.69) is 31.2 Å². The highest BCUT2D eigenvalue weighted by Gasteiger charge is 2.17. The van der Waals surface area contributed by atoms with Crippen molar-refractivity contribution in [2.75, 3.05) is 7.11 Å². The van der Waals surface area contributed by atoms with E-state index in [1.807, 2.05) is 55.5 Å². The van der Waals surface area contributed by atoms with Gasteiger partial charge in [0.25, 0.3) is 0 Å². The minimum Gasteiger partial charge on any atom is -0.504 e. The van der Waals surface area contributed by atoms with Gasteiger partial charge in [-0.05, 0) is 36.1 Å². The van der Waals surface area contributed by atoms with Crippen LogP contribution in [0.4, 0.5) is 0 Å². The molecule has 1 unspecified atom stereocenters. The van der Waals surface area contributed by atoms with Gasteiger partial charge in [-0.3, -0.25) is 0 Å². The van der Waals surface area contributed by atoms with Gasteiger partial charge in [-0.1, -0.05) is 83.9 Å². The molecule has 2 nitrogen and oxygen atoms in total. The van der Waals surface area contributed by atoms with E-state index in [-0.39, 0.29) is 0 Å². The van der Waals surface area contributed by atoms with Crippen LogP contribution in [0.2, 0.25) is 0 Å². The molecule has 0 aliphatic rings. The molecule has 2 heteroatoms.